The van der Waals surface area contributed by atoms with Crippen LogP contribution in [-0.2, 0) is 46.4 Å². The summed E-state index contributed by atoms with van der Waals surface area (Å²) in [6.45, 7) is 8.98. The zero-order valence-corrected chi connectivity index (χ0v) is 40.5. The normalized spacial score (nSPS) is 20.0. The molecule has 360 valence electrons. The lowest BCUT2D eigenvalue weighted by Crippen LogP contribution is -2.60. The van der Waals surface area contributed by atoms with Crippen molar-refractivity contribution in [3.8, 4) is 0 Å². The van der Waals surface area contributed by atoms with Crippen LogP contribution in [0.15, 0.2) is 48.5 Å². The molecule has 5 rings (SSSR count). The molecule has 1 saturated heterocycles. The van der Waals surface area contributed by atoms with Crippen molar-refractivity contribution in [1.29, 1.82) is 0 Å². The van der Waals surface area contributed by atoms with E-state index < -0.39 is 77.6 Å². The summed E-state index contributed by atoms with van der Waals surface area (Å²) in [6, 6.07) is 10.1. The van der Waals surface area contributed by atoms with Crippen molar-refractivity contribution in [3.63, 3.8) is 0 Å². The minimum absolute atomic E-state index is 0. The summed E-state index contributed by atoms with van der Waals surface area (Å²) in [4.78, 5) is 97.5. The number of amides is 7. The van der Waals surface area contributed by atoms with Crippen LogP contribution in [0.5, 0.6) is 0 Å². The number of nitrogens with zero attached hydrogens (tertiary/aromatic N) is 1. The summed E-state index contributed by atoms with van der Waals surface area (Å²) in [5.74, 6) is -3.25. The summed E-state index contributed by atoms with van der Waals surface area (Å²) < 4.78 is 0. The first-order valence-electron chi connectivity index (χ1n) is 22.6. The van der Waals surface area contributed by atoms with Gasteiger partial charge in [-0.05, 0) is 113 Å². The molecule has 1 aliphatic heterocycles. The lowest BCUT2D eigenvalue weighted by Gasteiger charge is -2.33. The van der Waals surface area contributed by atoms with Gasteiger partial charge in [0.25, 0.3) is 0 Å². The summed E-state index contributed by atoms with van der Waals surface area (Å²) in [5, 5.41) is 23.3. The summed E-state index contributed by atoms with van der Waals surface area (Å²) in [7, 11) is 3.25. The fourth-order valence-electron chi connectivity index (χ4n) is 8.69. The Morgan fingerprint density at radius 3 is 1.74 bits per heavy atom. The van der Waals surface area contributed by atoms with Crippen molar-refractivity contribution < 1.29 is 33.6 Å². The van der Waals surface area contributed by atoms with E-state index in [4.69, 9.17) is 0 Å². The van der Waals surface area contributed by atoms with Gasteiger partial charge in [-0.1, -0.05) is 69.3 Å². The van der Waals surface area contributed by atoms with Gasteiger partial charge in [0.2, 0.25) is 41.4 Å². The SMILES string of the molecule is CN[C@@H](C)C(=O)N[C@@H](CC(=O)NCC[C@H](NC(=O)[C@@H](NC(=O)[C@H](C)NC)C(C)(C)C)C(=O)N[C@@H]1CCCc2ccccc21)C(=O)N1CCC[C@H]1C(=O)N[C@@H]1CCCc2ccccc21.Cl.Cl. The lowest BCUT2D eigenvalue weighted by molar-refractivity contribution is -0.143. The minimum Gasteiger partial charge on any atom is -0.356 e. The highest BCUT2D eigenvalue weighted by atomic mass is 35.5. The van der Waals surface area contributed by atoms with Crippen molar-refractivity contribution in [1.82, 2.24) is 47.4 Å². The molecule has 2 aliphatic carbocycles. The average molecular weight is 945 g/mol. The van der Waals surface area contributed by atoms with Gasteiger partial charge in [-0.15, -0.1) is 24.8 Å². The highest BCUT2D eigenvalue weighted by Crippen LogP contribution is 2.31. The maximum Gasteiger partial charge on any atom is 0.246 e. The van der Waals surface area contributed by atoms with Gasteiger partial charge in [0.15, 0.2) is 0 Å². The predicted molar refractivity (Wildman–Crippen MR) is 254 cm³/mol. The minimum atomic E-state index is -1.28. The van der Waals surface area contributed by atoms with Crippen LogP contribution in [0.1, 0.15) is 120 Å². The molecule has 3 aliphatic rings. The second-order valence-electron chi connectivity index (χ2n) is 18.3. The standard InChI is InChI=1S/C47H69N9O7.2ClH/c1-28(48-6)41(58)54-37(46(63)56-26-14-23-38(56)44(61)52-35-22-13-18-31-16-9-11-20-33(31)35)27-39(57)50-25-24-36(43(60)51-34-21-12-17-30-15-8-10-19-32(30)34)53-45(62)40(47(3,4)5)55-42(59)29(2)49-7;;/h8-11,15-16,19-20,28-29,34-38,40,48-49H,12-14,17-18,21-27H2,1-7H3,(H,50,57)(H,51,60)(H,52,61)(H,53,62)(H,54,58)(H,55,59);2*1H/t28-,29-,34+,35+,36-,37-,38-,40+;;/m0../s1. The van der Waals surface area contributed by atoms with Gasteiger partial charge in [0, 0.05) is 13.1 Å². The van der Waals surface area contributed by atoms with E-state index in [2.05, 4.69) is 48.6 Å². The molecule has 0 spiro atoms. The molecular formula is C47H71Cl2N9O7. The molecule has 0 unspecified atom stereocenters. The fraction of sp³-hybridized carbons (Fsp3) is 0.596. The van der Waals surface area contributed by atoms with Crippen molar-refractivity contribution in [3.05, 3.63) is 70.8 Å². The monoisotopic (exact) mass is 943 g/mol. The third kappa shape index (κ3) is 14.6. The lowest BCUT2D eigenvalue weighted by atomic mass is 9.85. The van der Waals surface area contributed by atoms with Gasteiger partial charge in [-0.25, -0.2) is 0 Å². The number of nitrogens with one attached hydrogen (secondary N) is 8. The first kappa shape index (κ1) is 54.6. The van der Waals surface area contributed by atoms with E-state index in [0.29, 0.717) is 25.8 Å². The Balaban J connectivity index is 0.00000561. The first-order chi connectivity index (χ1) is 30.0. The van der Waals surface area contributed by atoms with Gasteiger partial charge in [-0.2, -0.15) is 0 Å². The molecule has 0 bridgehead atoms. The number of carbonyl (C=O) groups is 7. The Hall–Kier alpha value is -4.77. The largest absolute Gasteiger partial charge is 0.356 e. The number of benzene rings is 2. The molecule has 8 atom stereocenters. The number of hydrogen-bond acceptors (Lipinski definition) is 9. The Kier molecular flexibility index (Phi) is 21.2. The van der Waals surface area contributed by atoms with Crippen molar-refractivity contribution in [2.24, 2.45) is 5.41 Å². The van der Waals surface area contributed by atoms with Crippen LogP contribution in [0.2, 0.25) is 0 Å². The highest BCUT2D eigenvalue weighted by molar-refractivity contribution is 5.96. The summed E-state index contributed by atoms with van der Waals surface area (Å²) in [6.07, 6.45) is 5.73. The molecule has 16 nitrogen and oxygen atoms in total. The quantitative estimate of drug-likeness (QED) is 0.110. The van der Waals surface area contributed by atoms with Crippen LogP contribution in [-0.4, -0.2) is 110 Å². The fourth-order valence-corrected chi connectivity index (χ4v) is 8.69. The molecule has 2 aromatic carbocycles. The molecule has 0 saturated carbocycles. The van der Waals surface area contributed by atoms with Gasteiger partial charge in [0.05, 0.1) is 30.6 Å². The van der Waals surface area contributed by atoms with Crippen LogP contribution in [0.3, 0.4) is 0 Å². The number of fused-ring (bicyclic) bond motifs is 2. The molecule has 0 radical (unpaired) electrons. The second-order valence-corrected chi connectivity index (χ2v) is 18.3. The maximum absolute atomic E-state index is 14.3. The third-order valence-electron chi connectivity index (χ3n) is 12.7. The summed E-state index contributed by atoms with van der Waals surface area (Å²) in [5.41, 5.74) is 3.71. The van der Waals surface area contributed by atoms with E-state index in [1.807, 2.05) is 63.2 Å². The molecule has 7 amide bonds. The number of halogens is 2. The average Bonchev–Trinajstić information content (AvgIpc) is 3.77. The van der Waals surface area contributed by atoms with E-state index in [1.54, 1.807) is 27.9 Å². The second kappa shape index (κ2) is 25.2. The first-order valence-corrected chi connectivity index (χ1v) is 22.6. The Labute approximate surface area is 396 Å². The molecule has 18 heteroatoms. The van der Waals surface area contributed by atoms with E-state index in [9.17, 15) is 33.6 Å². The molecular weight excluding hydrogens is 873 g/mol. The van der Waals surface area contributed by atoms with Crippen molar-refractivity contribution in [2.45, 2.75) is 147 Å². The third-order valence-corrected chi connectivity index (χ3v) is 12.7. The molecule has 2 aromatic rings. The van der Waals surface area contributed by atoms with Gasteiger partial charge in [0.1, 0.15) is 24.2 Å². The van der Waals surface area contributed by atoms with E-state index in [-0.39, 0.29) is 61.7 Å². The number of likely N-dealkylation sites (N-methyl/N-ethyl adjacent to an activating group) is 2. The molecule has 65 heavy (non-hydrogen) atoms. The number of hydrogen-bond donors (Lipinski definition) is 8. The Morgan fingerprint density at radius 1 is 0.662 bits per heavy atom. The number of carbonyl (C=O) groups excluding carboxylic acids is 7. The van der Waals surface area contributed by atoms with Crippen molar-refractivity contribution >= 4 is 66.2 Å². The van der Waals surface area contributed by atoms with Gasteiger partial charge < -0.3 is 47.4 Å². The van der Waals surface area contributed by atoms with E-state index in [0.717, 1.165) is 48.8 Å². The molecule has 1 fully saturated rings. The smallest absolute Gasteiger partial charge is 0.246 e. The topological polar surface area (TPSA) is 219 Å². The van der Waals surface area contributed by atoms with Crippen LogP contribution >= 0.6 is 24.8 Å². The van der Waals surface area contributed by atoms with Crippen molar-refractivity contribution in [2.75, 3.05) is 27.2 Å². The van der Waals surface area contributed by atoms with E-state index in [1.165, 1.54) is 10.5 Å². The predicted octanol–water partition coefficient (Wildman–Crippen LogP) is 2.82. The zero-order valence-electron chi connectivity index (χ0n) is 38.8. The molecule has 1 heterocycles. The highest BCUT2D eigenvalue weighted by Gasteiger charge is 2.40. The van der Waals surface area contributed by atoms with Crippen LogP contribution in [0.4, 0.5) is 0 Å². The number of rotatable bonds is 18. The van der Waals surface area contributed by atoms with Crippen LogP contribution < -0.4 is 42.5 Å². The maximum atomic E-state index is 14.3. The molecule has 8 N–H and O–H groups in total. The van der Waals surface area contributed by atoms with Gasteiger partial charge in [-0.3, -0.25) is 33.6 Å². The zero-order chi connectivity index (χ0) is 45.8. The van der Waals surface area contributed by atoms with Crippen LogP contribution in [0, 0.1) is 5.41 Å². The number of likely N-dealkylation sites (tertiary alicyclic amines) is 1. The van der Waals surface area contributed by atoms with Gasteiger partial charge >= 0.3 is 0 Å². The Morgan fingerprint density at radius 2 is 1.18 bits per heavy atom. The number of aryl methyl sites for hydroxylation is 2. The van der Waals surface area contributed by atoms with E-state index >= 15 is 0 Å². The molecule has 0 aromatic heterocycles. The van der Waals surface area contributed by atoms with Crippen LogP contribution in [0.25, 0.3) is 0 Å². The Bertz CT molecular complexity index is 1980. The summed E-state index contributed by atoms with van der Waals surface area (Å²) >= 11 is 0.